The van der Waals surface area contributed by atoms with E-state index in [2.05, 4.69) is 50.3 Å². The summed E-state index contributed by atoms with van der Waals surface area (Å²) in [6, 6.07) is 10.5. The molecule has 0 saturated heterocycles. The van der Waals surface area contributed by atoms with Crippen LogP contribution in [-0.2, 0) is 5.54 Å². The second-order valence-electron chi connectivity index (χ2n) is 6.88. The van der Waals surface area contributed by atoms with Gasteiger partial charge in [-0.3, -0.25) is 0 Å². The molecule has 0 spiro atoms. The van der Waals surface area contributed by atoms with Crippen molar-refractivity contribution in [1.82, 2.24) is 0 Å². The Morgan fingerprint density at radius 3 is 2.52 bits per heavy atom. The Balaban J connectivity index is 2.00. The van der Waals surface area contributed by atoms with Gasteiger partial charge in [0.1, 0.15) is 15.9 Å². The molecule has 0 unspecified atom stereocenters. The van der Waals surface area contributed by atoms with Crippen LogP contribution in [0.15, 0.2) is 52.7 Å². The molecular formula is C17H18Cl2N2. The first-order valence-electron chi connectivity index (χ1n) is 7.43. The van der Waals surface area contributed by atoms with Gasteiger partial charge in [0.2, 0.25) is 0 Å². The molecule has 2 bridgehead atoms. The van der Waals surface area contributed by atoms with Gasteiger partial charge in [-0.15, -0.1) is 23.2 Å². The van der Waals surface area contributed by atoms with Crippen molar-refractivity contribution in [3.63, 3.8) is 0 Å². The van der Waals surface area contributed by atoms with Gasteiger partial charge in [-0.2, -0.15) is 10.2 Å². The topological polar surface area (TPSA) is 24.7 Å². The molecule has 0 N–H and O–H groups in total. The molecule has 1 saturated carbocycles. The number of hydrogen-bond acceptors (Lipinski definition) is 2. The summed E-state index contributed by atoms with van der Waals surface area (Å²) >= 11 is 12.9. The van der Waals surface area contributed by atoms with E-state index >= 15 is 0 Å². The summed E-state index contributed by atoms with van der Waals surface area (Å²) in [5.41, 5.74) is 0.151. The third kappa shape index (κ3) is 1.29. The average Bonchev–Trinajstić information content (AvgIpc) is 3.07. The quantitative estimate of drug-likeness (QED) is 0.533. The molecule has 1 aromatic rings. The van der Waals surface area contributed by atoms with Crippen molar-refractivity contribution in [2.24, 2.45) is 27.5 Å². The number of benzene rings is 1. The lowest BCUT2D eigenvalue weighted by molar-refractivity contribution is 0.160. The second-order valence-corrected chi connectivity index (χ2v) is 7.98. The van der Waals surface area contributed by atoms with Crippen LogP contribution >= 0.6 is 23.2 Å². The van der Waals surface area contributed by atoms with E-state index in [1.54, 1.807) is 0 Å². The maximum atomic E-state index is 6.45. The Bertz CT molecular complexity index is 637. The molecule has 4 atom stereocenters. The Labute approximate surface area is 135 Å². The summed E-state index contributed by atoms with van der Waals surface area (Å²) in [7, 11) is 0. The monoisotopic (exact) mass is 320 g/mol. The van der Waals surface area contributed by atoms with Crippen LogP contribution in [-0.4, -0.2) is 10.4 Å². The largest absolute Gasteiger partial charge is 0.183 e. The Morgan fingerprint density at radius 2 is 1.86 bits per heavy atom. The third-order valence-corrected chi connectivity index (χ3v) is 6.75. The molecule has 110 valence electrons. The lowest BCUT2D eigenvalue weighted by atomic mass is 9.64. The van der Waals surface area contributed by atoms with Crippen molar-refractivity contribution in [1.29, 1.82) is 0 Å². The van der Waals surface area contributed by atoms with Gasteiger partial charge in [-0.25, -0.2) is 0 Å². The lowest BCUT2D eigenvalue weighted by Gasteiger charge is -2.41. The molecule has 1 heterocycles. The maximum Gasteiger partial charge on any atom is 0.135 e. The predicted octanol–water partition coefficient (Wildman–Crippen LogP) is 5.12. The van der Waals surface area contributed by atoms with Gasteiger partial charge in [-0.1, -0.05) is 56.3 Å². The first kappa shape index (κ1) is 13.8. The molecule has 21 heavy (non-hydrogen) atoms. The zero-order chi connectivity index (χ0) is 14.9. The highest BCUT2D eigenvalue weighted by atomic mass is 35.5. The highest BCUT2D eigenvalue weighted by Crippen LogP contribution is 2.74. The van der Waals surface area contributed by atoms with Crippen LogP contribution in [0.1, 0.15) is 25.8 Å². The van der Waals surface area contributed by atoms with Crippen molar-refractivity contribution >= 4 is 23.2 Å². The minimum absolute atomic E-state index is 0.213. The van der Waals surface area contributed by atoms with Gasteiger partial charge < -0.3 is 0 Å². The summed E-state index contributed by atoms with van der Waals surface area (Å²) in [6.07, 6.45) is 5.52. The molecule has 1 fully saturated rings. The van der Waals surface area contributed by atoms with E-state index < -0.39 is 10.4 Å². The number of nitrogens with zero attached hydrogens (tertiary/aromatic N) is 2. The number of azo groups is 1. The Morgan fingerprint density at radius 1 is 1.14 bits per heavy atom. The van der Waals surface area contributed by atoms with E-state index in [0.717, 1.165) is 6.42 Å². The van der Waals surface area contributed by atoms with Crippen LogP contribution in [0.2, 0.25) is 0 Å². The molecule has 1 aromatic carbocycles. The fraction of sp³-hybridized carbons (Fsp3) is 0.529. The van der Waals surface area contributed by atoms with Crippen LogP contribution in [0.3, 0.4) is 0 Å². The molecule has 0 amide bonds. The summed E-state index contributed by atoms with van der Waals surface area (Å²) in [5, 5.41) is 9.50. The van der Waals surface area contributed by atoms with E-state index in [1.165, 1.54) is 5.56 Å². The van der Waals surface area contributed by atoms with Crippen molar-refractivity contribution in [2.45, 2.75) is 36.2 Å². The molecule has 2 nitrogen and oxygen atoms in total. The molecule has 1 aliphatic heterocycles. The van der Waals surface area contributed by atoms with Crippen LogP contribution in [0.4, 0.5) is 0 Å². The van der Waals surface area contributed by atoms with Crippen molar-refractivity contribution in [3.8, 4) is 0 Å². The fourth-order valence-corrected chi connectivity index (χ4v) is 6.01. The number of hydrogen-bond donors (Lipinski definition) is 0. The number of alkyl halides is 2. The molecule has 4 rings (SSSR count). The minimum atomic E-state index is -0.545. The number of fused-ring (bicyclic) bond motifs is 5. The highest BCUT2D eigenvalue weighted by Gasteiger charge is 2.78. The Kier molecular flexibility index (Phi) is 2.70. The lowest BCUT2D eigenvalue weighted by Crippen LogP contribution is -2.50. The summed E-state index contributed by atoms with van der Waals surface area (Å²) < 4.78 is 0. The standard InChI is InChI=1S/C17H18Cl2N2/c1-15(2)16(11-7-4-3-5-8-11)12-9-6-10-13(12)17(15,14(18)19)21-20-16/h3-9,12-14H,10H2,1-2H3/t12-,13+,16+,17+/m0/s1. The third-order valence-electron chi connectivity index (χ3n) is 6.09. The number of rotatable bonds is 2. The van der Waals surface area contributed by atoms with Crippen LogP contribution < -0.4 is 0 Å². The minimum Gasteiger partial charge on any atom is -0.183 e. The van der Waals surface area contributed by atoms with E-state index in [9.17, 15) is 0 Å². The molecule has 2 aliphatic carbocycles. The van der Waals surface area contributed by atoms with Gasteiger partial charge >= 0.3 is 0 Å². The molecule has 0 radical (unpaired) electrons. The number of halogens is 2. The SMILES string of the molecule is CC1(C)[C@]2(c3ccccc3)N=N[C@@]1(C(Cl)Cl)[C@@H]1CC=C[C@@H]12. The predicted molar refractivity (Wildman–Crippen MR) is 85.7 cm³/mol. The van der Waals surface area contributed by atoms with Crippen LogP contribution in [0.5, 0.6) is 0 Å². The molecule has 3 aliphatic rings. The van der Waals surface area contributed by atoms with Gasteiger partial charge in [0, 0.05) is 17.3 Å². The Hall–Kier alpha value is -0.860. The zero-order valence-electron chi connectivity index (χ0n) is 12.1. The van der Waals surface area contributed by atoms with Crippen LogP contribution in [0, 0.1) is 17.3 Å². The number of allylic oxidation sites excluding steroid dienone is 1. The summed E-state index contributed by atoms with van der Waals surface area (Å²) in [4.78, 5) is -0.545. The van der Waals surface area contributed by atoms with Crippen molar-refractivity contribution < 1.29 is 0 Å². The van der Waals surface area contributed by atoms with Crippen molar-refractivity contribution in [2.75, 3.05) is 0 Å². The second kappa shape index (κ2) is 4.11. The van der Waals surface area contributed by atoms with E-state index in [1.807, 2.05) is 6.07 Å². The van der Waals surface area contributed by atoms with Gasteiger partial charge in [0.15, 0.2) is 0 Å². The highest BCUT2D eigenvalue weighted by molar-refractivity contribution is 6.45. The first-order valence-corrected chi connectivity index (χ1v) is 8.30. The normalized spacial score (nSPS) is 42.0. The summed E-state index contributed by atoms with van der Waals surface area (Å²) in [5.74, 6) is 0.664. The van der Waals surface area contributed by atoms with Gasteiger partial charge in [0.05, 0.1) is 0 Å². The van der Waals surface area contributed by atoms with Crippen LogP contribution in [0.25, 0.3) is 0 Å². The van der Waals surface area contributed by atoms with Crippen molar-refractivity contribution in [3.05, 3.63) is 48.0 Å². The fourth-order valence-electron chi connectivity index (χ4n) is 5.06. The molecular weight excluding hydrogens is 303 g/mol. The summed E-state index contributed by atoms with van der Waals surface area (Å²) in [6.45, 7) is 4.45. The molecule has 4 heteroatoms. The smallest absolute Gasteiger partial charge is 0.135 e. The van der Waals surface area contributed by atoms with Gasteiger partial charge in [0.25, 0.3) is 0 Å². The maximum absolute atomic E-state index is 6.45. The first-order chi connectivity index (χ1) is 9.98. The van der Waals surface area contributed by atoms with E-state index in [0.29, 0.717) is 11.8 Å². The zero-order valence-corrected chi connectivity index (χ0v) is 13.6. The van der Waals surface area contributed by atoms with Gasteiger partial charge in [-0.05, 0) is 12.0 Å². The van der Waals surface area contributed by atoms with E-state index in [4.69, 9.17) is 33.4 Å². The molecule has 0 aromatic heterocycles. The average molecular weight is 321 g/mol. The van der Waals surface area contributed by atoms with E-state index in [-0.39, 0.29) is 11.0 Å².